The maximum atomic E-state index is 12.1. The molecular formula is C13H18N3O4-. The van der Waals surface area contributed by atoms with Crippen molar-refractivity contribution in [2.75, 3.05) is 26.2 Å². The highest BCUT2D eigenvalue weighted by Gasteiger charge is 2.30. The molecule has 110 valence electrons. The molecule has 1 aromatic rings. The monoisotopic (exact) mass is 280 g/mol. The van der Waals surface area contributed by atoms with Gasteiger partial charge in [-0.1, -0.05) is 30.3 Å². The second-order valence-corrected chi connectivity index (χ2v) is 4.90. The van der Waals surface area contributed by atoms with Crippen LogP contribution in [0.3, 0.4) is 0 Å². The zero-order chi connectivity index (χ0) is 14.6. The summed E-state index contributed by atoms with van der Waals surface area (Å²) in [5.41, 5.74) is 6.66. The van der Waals surface area contributed by atoms with Crippen LogP contribution >= 0.6 is 0 Å². The first kappa shape index (κ1) is 14.9. The van der Waals surface area contributed by atoms with Crippen LogP contribution in [0.2, 0.25) is 0 Å². The molecule has 7 nitrogen and oxygen atoms in total. The average Bonchev–Trinajstić information content (AvgIpc) is 2.43. The van der Waals surface area contributed by atoms with Gasteiger partial charge in [-0.05, 0) is 12.0 Å². The second-order valence-electron chi connectivity index (χ2n) is 4.90. The molecule has 0 unspecified atom stereocenters. The number of carbonyl (C=O) groups excluding carboxylic acids is 1. The Morgan fingerprint density at radius 2 is 1.95 bits per heavy atom. The molecule has 2 rings (SSSR count). The number of quaternary nitrogens is 1. The third-order valence-corrected chi connectivity index (χ3v) is 3.24. The van der Waals surface area contributed by atoms with Crippen molar-refractivity contribution in [3.05, 3.63) is 46.3 Å². The summed E-state index contributed by atoms with van der Waals surface area (Å²) in [6.45, 7) is -0.00397. The lowest BCUT2D eigenvalue weighted by atomic mass is 10.1. The van der Waals surface area contributed by atoms with E-state index in [1.165, 1.54) is 0 Å². The largest absolute Gasteiger partial charge is 0.785 e. The van der Waals surface area contributed by atoms with E-state index in [1.807, 2.05) is 30.3 Å². The lowest BCUT2D eigenvalue weighted by Crippen LogP contribution is -2.57. The number of carbonyl (C=O) groups is 1. The van der Waals surface area contributed by atoms with E-state index in [2.05, 4.69) is 0 Å². The highest BCUT2D eigenvalue weighted by Crippen LogP contribution is 2.13. The molecule has 0 radical (unpaired) electrons. The Bertz CT molecular complexity index is 446. The fraction of sp³-hybridized carbons (Fsp3) is 0.462. The summed E-state index contributed by atoms with van der Waals surface area (Å²) in [5, 5.41) is 23.9. The molecule has 0 saturated carbocycles. The van der Waals surface area contributed by atoms with E-state index in [4.69, 9.17) is 10.6 Å². The van der Waals surface area contributed by atoms with Gasteiger partial charge in [0.05, 0.1) is 0 Å². The van der Waals surface area contributed by atoms with Gasteiger partial charge in [-0.15, -0.1) is 0 Å². The molecule has 0 amide bonds. The topological polar surface area (TPSA) is 102 Å². The van der Waals surface area contributed by atoms with E-state index in [-0.39, 0.29) is 26.2 Å². The van der Waals surface area contributed by atoms with Crippen LogP contribution in [0.4, 0.5) is 0 Å². The molecule has 0 spiro atoms. The van der Waals surface area contributed by atoms with Crippen LogP contribution in [-0.2, 0) is 16.1 Å². The molecule has 7 heteroatoms. The highest BCUT2D eigenvalue weighted by molar-refractivity contribution is 5.75. The Morgan fingerprint density at radius 1 is 1.35 bits per heavy atom. The molecule has 1 aliphatic heterocycles. The van der Waals surface area contributed by atoms with Gasteiger partial charge in [-0.3, -0.25) is 4.84 Å². The van der Waals surface area contributed by atoms with E-state index in [1.54, 1.807) is 0 Å². The minimum atomic E-state index is -1.12. The van der Waals surface area contributed by atoms with Crippen molar-refractivity contribution in [3.63, 3.8) is 0 Å². The van der Waals surface area contributed by atoms with Crippen molar-refractivity contribution in [3.8, 4) is 0 Å². The maximum absolute atomic E-state index is 12.1. The smallest absolute Gasteiger partial charge is 0.383 e. The molecular weight excluding hydrogens is 262 g/mol. The van der Waals surface area contributed by atoms with E-state index in [9.17, 15) is 15.2 Å². The maximum Gasteiger partial charge on any atom is 0.383 e. The Labute approximate surface area is 117 Å². The van der Waals surface area contributed by atoms with Crippen LogP contribution in [0, 0.1) is 10.4 Å². The molecule has 1 atom stereocenters. The van der Waals surface area contributed by atoms with Gasteiger partial charge < -0.3 is 21.2 Å². The number of hydroxylamine groups is 6. The molecule has 1 heterocycles. The third-order valence-electron chi connectivity index (χ3n) is 3.24. The summed E-state index contributed by atoms with van der Waals surface area (Å²) < 4.78 is 0. The van der Waals surface area contributed by atoms with Crippen LogP contribution < -0.4 is 5.73 Å². The SMILES string of the molecule is N[C@@H](Cc1ccccc1)C(=O)O[N+]1([O-])CCN([O-])CC1. The first-order chi connectivity index (χ1) is 9.48. The fourth-order valence-electron chi connectivity index (χ4n) is 2.03. The summed E-state index contributed by atoms with van der Waals surface area (Å²) in [5.74, 6) is -0.733. The Balaban J connectivity index is 1.88. The fourth-order valence-corrected chi connectivity index (χ4v) is 2.03. The zero-order valence-corrected chi connectivity index (χ0v) is 11.1. The summed E-state index contributed by atoms with van der Waals surface area (Å²) >= 11 is 0. The summed E-state index contributed by atoms with van der Waals surface area (Å²) in [6.07, 6.45) is 0.313. The molecule has 20 heavy (non-hydrogen) atoms. The van der Waals surface area contributed by atoms with Crippen LogP contribution in [0.15, 0.2) is 30.3 Å². The van der Waals surface area contributed by atoms with E-state index in [0.717, 1.165) is 10.6 Å². The molecule has 1 aromatic carbocycles. The number of hydrogen-bond donors (Lipinski definition) is 1. The second kappa shape index (κ2) is 6.29. The van der Waals surface area contributed by atoms with Crippen LogP contribution in [0.5, 0.6) is 0 Å². The van der Waals surface area contributed by atoms with Gasteiger partial charge in [0.25, 0.3) is 0 Å². The van der Waals surface area contributed by atoms with E-state index < -0.39 is 16.8 Å². The van der Waals surface area contributed by atoms with Gasteiger partial charge >= 0.3 is 5.97 Å². The minimum absolute atomic E-state index is 0.0602. The first-order valence-corrected chi connectivity index (χ1v) is 6.52. The molecule has 0 bridgehead atoms. The number of rotatable bonds is 4. The van der Waals surface area contributed by atoms with Crippen molar-refractivity contribution in [2.24, 2.45) is 5.73 Å². The molecule has 0 aromatic heterocycles. The van der Waals surface area contributed by atoms with Gasteiger partial charge in [0.1, 0.15) is 19.1 Å². The van der Waals surface area contributed by atoms with Gasteiger partial charge in [0, 0.05) is 13.1 Å². The van der Waals surface area contributed by atoms with Crippen molar-refractivity contribution in [2.45, 2.75) is 12.5 Å². The van der Waals surface area contributed by atoms with E-state index >= 15 is 0 Å². The third kappa shape index (κ3) is 3.99. The van der Waals surface area contributed by atoms with Crippen molar-refractivity contribution in [1.29, 1.82) is 0 Å². The van der Waals surface area contributed by atoms with Gasteiger partial charge in [-0.2, -0.15) is 4.81 Å². The molecule has 1 fully saturated rings. The molecule has 2 N–H and O–H groups in total. The van der Waals surface area contributed by atoms with Crippen LogP contribution in [0.25, 0.3) is 0 Å². The first-order valence-electron chi connectivity index (χ1n) is 6.52. The average molecular weight is 280 g/mol. The number of nitrogens with zero attached hydrogens (tertiary/aromatic N) is 2. The van der Waals surface area contributed by atoms with Gasteiger partial charge in [0.2, 0.25) is 0 Å². The Hall–Kier alpha value is -1.51. The number of hydrogen-bond acceptors (Lipinski definition) is 6. The lowest BCUT2D eigenvalue weighted by molar-refractivity contribution is -1.05. The van der Waals surface area contributed by atoms with Crippen LogP contribution in [0.1, 0.15) is 5.56 Å². The lowest BCUT2D eigenvalue weighted by Gasteiger charge is -2.46. The molecule has 1 aliphatic rings. The Morgan fingerprint density at radius 3 is 2.55 bits per heavy atom. The summed E-state index contributed by atoms with van der Waals surface area (Å²) in [7, 11) is 0. The quantitative estimate of drug-likeness (QED) is 0.622. The molecule has 0 aliphatic carbocycles. The minimum Gasteiger partial charge on any atom is -0.785 e. The van der Waals surface area contributed by atoms with Gasteiger partial charge in [-0.25, -0.2) is 4.79 Å². The predicted molar refractivity (Wildman–Crippen MR) is 72.5 cm³/mol. The van der Waals surface area contributed by atoms with Crippen molar-refractivity contribution >= 4 is 5.97 Å². The Kier molecular flexibility index (Phi) is 4.69. The zero-order valence-electron chi connectivity index (χ0n) is 11.1. The number of nitrogens with two attached hydrogens (primary N) is 1. The number of piperazine rings is 1. The number of benzene rings is 1. The van der Waals surface area contributed by atoms with E-state index in [0.29, 0.717) is 6.42 Å². The summed E-state index contributed by atoms with van der Waals surface area (Å²) in [6, 6.07) is 8.39. The predicted octanol–water partition coefficient (Wildman–Crippen LogP) is 0.143. The van der Waals surface area contributed by atoms with Crippen molar-refractivity contribution in [1.82, 2.24) is 5.06 Å². The van der Waals surface area contributed by atoms with Crippen LogP contribution in [-0.4, -0.2) is 48.1 Å². The standard InChI is InChI=1S/C13H18N3O4/c14-12(10-11-4-2-1-3-5-11)13(17)20-16(19)8-6-15(18)7-9-16/h1-5,12H,6-10,14H2/q-1/t12-/m0/s1. The molecule has 1 saturated heterocycles. The van der Waals surface area contributed by atoms with Gasteiger partial charge in [0.15, 0.2) is 0 Å². The summed E-state index contributed by atoms with van der Waals surface area (Å²) in [4.78, 5) is 15.6. The normalized spacial score (nSPS) is 20.4. The highest BCUT2D eigenvalue weighted by atomic mass is 16.9. The van der Waals surface area contributed by atoms with Crippen molar-refractivity contribution < 1.29 is 14.4 Å².